The predicted molar refractivity (Wildman–Crippen MR) is 122 cm³/mol. The second kappa shape index (κ2) is 9.30. The summed E-state index contributed by atoms with van der Waals surface area (Å²) >= 11 is 14.7. The number of allylic oxidation sites excluding steroid dienone is 1. The molecule has 0 unspecified atom stereocenters. The van der Waals surface area contributed by atoms with Gasteiger partial charge in [-0.2, -0.15) is 0 Å². The van der Waals surface area contributed by atoms with Crippen molar-refractivity contribution in [3.05, 3.63) is 55.8 Å². The molecule has 0 aliphatic rings. The van der Waals surface area contributed by atoms with E-state index in [2.05, 4.69) is 21.9 Å². The summed E-state index contributed by atoms with van der Waals surface area (Å²) in [4.78, 5) is 35.8. The molecule has 6 nitrogen and oxygen atoms in total. The number of thioether (sulfide) groups is 1. The van der Waals surface area contributed by atoms with Crippen LogP contribution in [0.15, 0.2) is 34.7 Å². The van der Waals surface area contributed by atoms with E-state index in [4.69, 9.17) is 23.2 Å². The summed E-state index contributed by atoms with van der Waals surface area (Å²) in [6.07, 6.45) is 2.47. The fourth-order valence-electron chi connectivity index (χ4n) is 2.57. The monoisotopic (exact) mass is 468 g/mol. The maximum atomic E-state index is 12.8. The lowest BCUT2D eigenvalue weighted by molar-refractivity contribution is -0.113. The average Bonchev–Trinajstić information content (AvgIpc) is 3.10. The van der Waals surface area contributed by atoms with Crippen molar-refractivity contribution in [1.29, 1.82) is 0 Å². The van der Waals surface area contributed by atoms with Crippen LogP contribution in [-0.4, -0.2) is 26.2 Å². The molecule has 3 heterocycles. The number of hydrogen-bond donors (Lipinski definition) is 1. The van der Waals surface area contributed by atoms with Crippen LogP contribution < -0.4 is 10.9 Å². The lowest BCUT2D eigenvalue weighted by Crippen LogP contribution is -2.23. The van der Waals surface area contributed by atoms with E-state index in [0.29, 0.717) is 32.6 Å². The van der Waals surface area contributed by atoms with E-state index in [9.17, 15) is 9.59 Å². The molecule has 10 heteroatoms. The fourth-order valence-corrected chi connectivity index (χ4v) is 4.79. The maximum absolute atomic E-state index is 12.8. The van der Waals surface area contributed by atoms with Crippen LogP contribution in [-0.2, 0) is 17.8 Å². The van der Waals surface area contributed by atoms with Crippen LogP contribution in [0.25, 0.3) is 10.2 Å². The van der Waals surface area contributed by atoms with Gasteiger partial charge in [0.05, 0.1) is 26.9 Å². The molecule has 0 radical (unpaired) electrons. The van der Waals surface area contributed by atoms with Gasteiger partial charge in [-0.25, -0.2) is 9.97 Å². The van der Waals surface area contributed by atoms with Crippen molar-refractivity contribution in [2.75, 3.05) is 11.1 Å². The molecular formula is C19H18Cl2N4O2S2. The first-order valence-electron chi connectivity index (χ1n) is 8.73. The predicted octanol–water partition coefficient (Wildman–Crippen LogP) is 4.95. The maximum Gasteiger partial charge on any atom is 0.263 e. The number of fused-ring (bicyclic) bond motifs is 1. The molecule has 0 spiro atoms. The number of aromatic nitrogens is 3. The number of rotatable bonds is 7. The number of nitrogens with zero attached hydrogens (tertiary/aromatic N) is 3. The first-order chi connectivity index (χ1) is 13.8. The van der Waals surface area contributed by atoms with Crippen molar-refractivity contribution in [3.63, 3.8) is 0 Å². The van der Waals surface area contributed by atoms with Crippen molar-refractivity contribution in [2.45, 2.75) is 32.0 Å². The lowest BCUT2D eigenvalue weighted by atomic mass is 10.3. The zero-order valence-corrected chi connectivity index (χ0v) is 18.9. The van der Waals surface area contributed by atoms with Gasteiger partial charge in [-0.3, -0.25) is 14.2 Å². The Morgan fingerprint density at radius 1 is 1.34 bits per heavy atom. The van der Waals surface area contributed by atoms with Crippen molar-refractivity contribution < 1.29 is 4.79 Å². The van der Waals surface area contributed by atoms with E-state index in [1.54, 1.807) is 13.0 Å². The first kappa shape index (κ1) is 21.8. The highest BCUT2D eigenvalue weighted by Gasteiger charge is 2.16. The molecule has 3 aromatic heterocycles. The lowest BCUT2D eigenvalue weighted by Gasteiger charge is -2.11. The van der Waals surface area contributed by atoms with Gasteiger partial charge in [-0.05, 0) is 25.5 Å². The number of anilines is 1. The molecule has 0 bridgehead atoms. The number of thiophene rings is 1. The van der Waals surface area contributed by atoms with E-state index in [-0.39, 0.29) is 28.1 Å². The van der Waals surface area contributed by atoms with Crippen molar-refractivity contribution >= 4 is 68.2 Å². The van der Waals surface area contributed by atoms with Crippen molar-refractivity contribution in [3.8, 4) is 0 Å². The van der Waals surface area contributed by atoms with Crippen molar-refractivity contribution in [1.82, 2.24) is 14.5 Å². The van der Waals surface area contributed by atoms with Gasteiger partial charge in [0.1, 0.15) is 4.83 Å². The molecule has 0 aromatic carbocycles. The first-order valence-corrected chi connectivity index (χ1v) is 11.3. The van der Waals surface area contributed by atoms with E-state index in [1.807, 2.05) is 13.0 Å². The molecule has 0 aliphatic heterocycles. The Morgan fingerprint density at radius 3 is 2.79 bits per heavy atom. The molecule has 3 rings (SSSR count). The van der Waals surface area contributed by atoms with Gasteiger partial charge in [0.2, 0.25) is 5.91 Å². The molecule has 0 saturated heterocycles. The summed E-state index contributed by atoms with van der Waals surface area (Å²) in [5, 5.41) is 4.41. The summed E-state index contributed by atoms with van der Waals surface area (Å²) in [6.45, 7) is 7.78. The molecule has 1 amide bonds. The van der Waals surface area contributed by atoms with Crippen LogP contribution in [0, 0.1) is 6.92 Å². The Balaban J connectivity index is 1.83. The zero-order valence-electron chi connectivity index (χ0n) is 15.8. The van der Waals surface area contributed by atoms with E-state index < -0.39 is 0 Å². The molecule has 152 valence electrons. The molecular weight excluding hydrogens is 451 g/mol. The normalized spacial score (nSPS) is 11.0. The van der Waals surface area contributed by atoms with Gasteiger partial charge in [-0.15, -0.1) is 17.9 Å². The Labute approximate surface area is 186 Å². The number of nitrogens with one attached hydrogen (secondary N) is 1. The highest BCUT2D eigenvalue weighted by Crippen LogP contribution is 2.27. The molecule has 3 aromatic rings. The quantitative estimate of drug-likeness (QED) is 0.301. The summed E-state index contributed by atoms with van der Waals surface area (Å²) in [7, 11) is 0. The molecule has 1 N–H and O–H groups in total. The standard InChI is InChI=1S/C19H18Cl2N4O2S2/c1-4-6-25-18(27)12-7-11(5-2)29-17(12)24-19(25)28-9-15(26)23-16-14(21)8-13(20)10(3)22-16/h4,7-8H,1,5-6,9H2,2-3H3,(H,22,23,26). The number of pyridine rings is 1. The highest BCUT2D eigenvalue weighted by atomic mass is 35.5. The molecule has 0 fully saturated rings. The average molecular weight is 469 g/mol. The van der Waals surface area contributed by atoms with Crippen LogP contribution in [0.1, 0.15) is 17.5 Å². The third-order valence-electron chi connectivity index (χ3n) is 4.02. The number of amides is 1. The number of carbonyl (C=O) groups is 1. The largest absolute Gasteiger partial charge is 0.309 e. The minimum absolute atomic E-state index is 0.0424. The number of aryl methyl sites for hydroxylation is 2. The summed E-state index contributed by atoms with van der Waals surface area (Å²) in [6, 6.07) is 3.42. The van der Waals surface area contributed by atoms with E-state index in [0.717, 1.165) is 11.3 Å². The topological polar surface area (TPSA) is 76.9 Å². The van der Waals surface area contributed by atoms with Crippen LogP contribution in [0.2, 0.25) is 10.0 Å². The summed E-state index contributed by atoms with van der Waals surface area (Å²) in [5.74, 6) is -0.0243. The van der Waals surface area contributed by atoms with Gasteiger partial charge < -0.3 is 5.32 Å². The fraction of sp³-hybridized carbons (Fsp3) is 0.263. The van der Waals surface area contributed by atoms with Crippen LogP contribution in [0.5, 0.6) is 0 Å². The Kier molecular flexibility index (Phi) is 7.00. The van der Waals surface area contributed by atoms with Crippen LogP contribution in [0.3, 0.4) is 0 Å². The van der Waals surface area contributed by atoms with Gasteiger partial charge in [-0.1, -0.05) is 48.0 Å². The number of carbonyl (C=O) groups excluding carboxylic acids is 1. The summed E-state index contributed by atoms with van der Waals surface area (Å²) in [5.41, 5.74) is 0.433. The second-order valence-corrected chi connectivity index (χ2v) is 8.98. The molecule has 0 aliphatic carbocycles. The third kappa shape index (κ3) is 4.83. The SMILES string of the molecule is C=CCn1c(SCC(=O)Nc2nc(C)c(Cl)cc2Cl)nc2sc(CC)cc2c1=O. The second-order valence-electron chi connectivity index (χ2n) is 6.11. The third-order valence-corrected chi connectivity index (χ3v) is 6.84. The van der Waals surface area contributed by atoms with Gasteiger partial charge in [0.25, 0.3) is 5.56 Å². The Morgan fingerprint density at radius 2 is 2.10 bits per heavy atom. The minimum atomic E-state index is -0.314. The Bertz CT molecular complexity index is 1160. The number of halogens is 2. The van der Waals surface area contributed by atoms with Gasteiger partial charge in [0, 0.05) is 11.4 Å². The highest BCUT2D eigenvalue weighted by molar-refractivity contribution is 7.99. The molecule has 0 saturated carbocycles. The molecule has 0 atom stereocenters. The smallest absolute Gasteiger partial charge is 0.263 e. The van der Waals surface area contributed by atoms with Crippen LogP contribution in [0.4, 0.5) is 5.82 Å². The zero-order chi connectivity index (χ0) is 21.1. The van der Waals surface area contributed by atoms with Gasteiger partial charge >= 0.3 is 0 Å². The minimum Gasteiger partial charge on any atom is -0.309 e. The number of hydrogen-bond acceptors (Lipinski definition) is 6. The van der Waals surface area contributed by atoms with E-state index in [1.165, 1.54) is 33.7 Å². The molecule has 29 heavy (non-hydrogen) atoms. The summed E-state index contributed by atoms with van der Waals surface area (Å²) < 4.78 is 1.52. The van der Waals surface area contributed by atoms with E-state index >= 15 is 0 Å². The van der Waals surface area contributed by atoms with Crippen molar-refractivity contribution in [2.24, 2.45) is 0 Å². The Hall–Kier alpha value is -1.87. The van der Waals surface area contributed by atoms with Crippen LogP contribution >= 0.6 is 46.3 Å². The van der Waals surface area contributed by atoms with Gasteiger partial charge in [0.15, 0.2) is 11.0 Å².